The van der Waals surface area contributed by atoms with E-state index in [1.807, 2.05) is 216 Å². The van der Waals surface area contributed by atoms with Gasteiger partial charge in [0.1, 0.15) is 46.0 Å². The second-order valence-electron chi connectivity index (χ2n) is 16.7. The van der Waals surface area contributed by atoms with E-state index in [1.165, 1.54) is 0 Å². The SMILES string of the molecule is CNCC=C(Oc1ccc(C#N)cc1)c1ccccc1.CNCC=C(Oc1ccc(Cl)cc1)c1ccccc1.CNCC=C(Oc1cccc(Cl)c1)c1ccccc1.CNCC=C(Oc1ccccc1C)c1ccccc1. The highest BCUT2D eigenvalue weighted by molar-refractivity contribution is 6.31. The normalized spacial score (nSPS) is 11.2. The predicted molar refractivity (Wildman–Crippen MR) is 321 cm³/mol. The molecule has 8 aromatic carbocycles. The van der Waals surface area contributed by atoms with Gasteiger partial charge in [0.2, 0.25) is 0 Å². The lowest BCUT2D eigenvalue weighted by atomic mass is 10.1. The van der Waals surface area contributed by atoms with E-state index in [2.05, 4.69) is 58.5 Å². The van der Waals surface area contributed by atoms with Gasteiger partial charge in [0.05, 0.1) is 11.6 Å². The molecule has 0 amide bonds. The van der Waals surface area contributed by atoms with Gasteiger partial charge in [0, 0.05) is 58.5 Å². The van der Waals surface area contributed by atoms with Gasteiger partial charge in [0.15, 0.2) is 0 Å². The number of hydrogen-bond acceptors (Lipinski definition) is 9. The molecule has 9 nitrogen and oxygen atoms in total. The molecule has 0 radical (unpaired) electrons. The van der Waals surface area contributed by atoms with Crippen molar-refractivity contribution in [2.24, 2.45) is 0 Å². The van der Waals surface area contributed by atoms with Crippen LogP contribution < -0.4 is 40.2 Å². The van der Waals surface area contributed by atoms with Gasteiger partial charge in [-0.05, 0) is 138 Å². The molecule has 0 aliphatic rings. The van der Waals surface area contributed by atoms with Crippen LogP contribution >= 0.6 is 23.2 Å². The molecule has 8 rings (SSSR count). The first-order valence-corrected chi connectivity index (χ1v) is 25.9. The molecule has 0 aliphatic heterocycles. The van der Waals surface area contributed by atoms with Crippen molar-refractivity contribution < 1.29 is 18.9 Å². The van der Waals surface area contributed by atoms with Crippen molar-refractivity contribution in [3.63, 3.8) is 0 Å². The highest BCUT2D eigenvalue weighted by atomic mass is 35.5. The lowest BCUT2D eigenvalue weighted by molar-refractivity contribution is 0.508. The summed E-state index contributed by atoms with van der Waals surface area (Å²) in [6.07, 6.45) is 8.08. The summed E-state index contributed by atoms with van der Waals surface area (Å²) in [5.41, 5.74) is 5.95. The monoisotopic (exact) mass is 1060 g/mol. The number of nitrogens with one attached hydrogen (secondary N) is 4. The van der Waals surface area contributed by atoms with Crippen LogP contribution in [0.4, 0.5) is 0 Å². The first kappa shape index (κ1) is 59.7. The summed E-state index contributed by atoms with van der Waals surface area (Å²) in [6.45, 7) is 5.04. The highest BCUT2D eigenvalue weighted by Gasteiger charge is 2.08. The summed E-state index contributed by atoms with van der Waals surface area (Å²) in [4.78, 5) is 0. The van der Waals surface area contributed by atoms with Crippen molar-refractivity contribution in [3.05, 3.63) is 286 Å². The van der Waals surface area contributed by atoms with Crippen LogP contribution in [0.15, 0.2) is 243 Å². The number of para-hydroxylation sites is 1. The second-order valence-corrected chi connectivity index (χ2v) is 17.6. The molecule has 0 atom stereocenters. The molecule has 0 bridgehead atoms. The molecule has 0 aliphatic carbocycles. The standard InChI is InChI=1S/C17H16N2O.C17H19NO.2C16H16ClNO/c1-19-12-11-17(15-5-3-2-4-6-15)20-16-9-7-14(13-18)8-10-16;1-14-8-6-7-11-16(14)19-17(12-13-18-2)15-9-4-3-5-10-15;1-18-11-10-16(13-6-3-2-4-7-13)19-15-9-5-8-14(17)12-15;1-18-12-11-16(13-5-3-2-4-6-13)19-15-9-7-14(17)8-10-15/h2-11,19H,12H2,1H3;3-12,18H,13H2,1-2H3;2-10,12,18H,11H2,1H3;2-11,18H,12H2,1H3. The molecule has 8 aromatic rings. The first-order chi connectivity index (χ1) is 37.7. The van der Waals surface area contributed by atoms with E-state index in [0.717, 1.165) is 100 Å². The van der Waals surface area contributed by atoms with Crippen LogP contribution in [0.25, 0.3) is 23.0 Å². The Bertz CT molecular complexity index is 3090. The van der Waals surface area contributed by atoms with E-state index >= 15 is 0 Å². The maximum atomic E-state index is 8.79. The van der Waals surface area contributed by atoms with Crippen molar-refractivity contribution in [2.75, 3.05) is 54.4 Å². The average molecular weight is 1070 g/mol. The fraction of sp³-hybridized carbons (Fsp3) is 0.136. The number of halogens is 2. The van der Waals surface area contributed by atoms with Gasteiger partial charge in [-0.25, -0.2) is 0 Å². The van der Waals surface area contributed by atoms with E-state index in [4.69, 9.17) is 47.4 Å². The summed E-state index contributed by atoms with van der Waals surface area (Å²) in [6, 6.07) is 72.1. The number of benzene rings is 8. The molecular formula is C66H67Cl2N5O4. The molecule has 0 fully saturated rings. The summed E-state index contributed by atoms with van der Waals surface area (Å²) in [7, 11) is 7.62. The van der Waals surface area contributed by atoms with Crippen molar-refractivity contribution in [2.45, 2.75) is 6.92 Å². The zero-order valence-electron chi connectivity index (χ0n) is 44.3. The third-order valence-corrected chi connectivity index (χ3v) is 11.3. The highest BCUT2D eigenvalue weighted by Crippen LogP contribution is 2.27. The molecular weight excluding hydrogens is 998 g/mol. The number of rotatable bonds is 20. The number of nitrogens with zero attached hydrogens (tertiary/aromatic N) is 1. The third-order valence-electron chi connectivity index (χ3n) is 10.8. The van der Waals surface area contributed by atoms with Crippen molar-refractivity contribution in [1.29, 1.82) is 5.26 Å². The summed E-state index contributed by atoms with van der Waals surface area (Å²) < 4.78 is 23.8. The van der Waals surface area contributed by atoms with Gasteiger partial charge in [-0.3, -0.25) is 0 Å². The smallest absolute Gasteiger partial charge is 0.131 e. The maximum absolute atomic E-state index is 8.79. The van der Waals surface area contributed by atoms with Gasteiger partial charge in [-0.1, -0.05) is 169 Å². The van der Waals surface area contributed by atoms with Crippen LogP contribution in [0.2, 0.25) is 10.0 Å². The minimum absolute atomic E-state index is 0.623. The molecule has 0 aromatic heterocycles. The van der Waals surface area contributed by atoms with E-state index < -0.39 is 0 Å². The molecule has 0 spiro atoms. The van der Waals surface area contributed by atoms with Crippen molar-refractivity contribution in [3.8, 4) is 29.1 Å². The lowest BCUT2D eigenvalue weighted by Gasteiger charge is -2.12. The molecule has 394 valence electrons. The average Bonchev–Trinajstić information content (AvgIpc) is 3.48. The van der Waals surface area contributed by atoms with Gasteiger partial charge >= 0.3 is 0 Å². The van der Waals surface area contributed by atoms with E-state index in [-0.39, 0.29) is 0 Å². The zero-order valence-corrected chi connectivity index (χ0v) is 45.8. The Balaban J connectivity index is 0.000000189. The molecule has 4 N–H and O–H groups in total. The van der Waals surface area contributed by atoms with Crippen LogP contribution in [0, 0.1) is 18.3 Å². The number of likely N-dealkylation sites (N-methyl/N-ethyl adjacent to an activating group) is 4. The topological polar surface area (TPSA) is 109 Å². The van der Waals surface area contributed by atoms with Gasteiger partial charge in [-0.15, -0.1) is 0 Å². The lowest BCUT2D eigenvalue weighted by Crippen LogP contribution is -2.07. The Morgan fingerprint density at radius 1 is 0.390 bits per heavy atom. The minimum Gasteiger partial charge on any atom is -0.457 e. The Labute approximate surface area is 465 Å². The summed E-state index contributed by atoms with van der Waals surface area (Å²) in [5.74, 6) is 6.45. The van der Waals surface area contributed by atoms with Gasteiger partial charge in [0.25, 0.3) is 0 Å². The Morgan fingerprint density at radius 2 is 0.740 bits per heavy atom. The van der Waals surface area contributed by atoms with Crippen LogP contribution in [-0.4, -0.2) is 54.4 Å². The zero-order chi connectivity index (χ0) is 54.7. The molecule has 77 heavy (non-hydrogen) atoms. The Hall–Kier alpha value is -8.17. The summed E-state index contributed by atoms with van der Waals surface area (Å²) in [5, 5.41) is 22.5. The second kappa shape index (κ2) is 35.2. The molecule has 11 heteroatoms. The van der Waals surface area contributed by atoms with E-state index in [9.17, 15) is 0 Å². The predicted octanol–water partition coefficient (Wildman–Crippen LogP) is 14.8. The Kier molecular flexibility index (Phi) is 27.3. The molecule has 0 saturated heterocycles. The van der Waals surface area contributed by atoms with Crippen LogP contribution in [0.5, 0.6) is 23.0 Å². The van der Waals surface area contributed by atoms with Gasteiger partial charge in [-0.2, -0.15) is 5.26 Å². The fourth-order valence-corrected chi connectivity index (χ4v) is 7.17. The third kappa shape index (κ3) is 22.3. The minimum atomic E-state index is 0.623. The number of aryl methyl sites for hydroxylation is 1. The largest absolute Gasteiger partial charge is 0.457 e. The number of hydrogen-bond donors (Lipinski definition) is 4. The van der Waals surface area contributed by atoms with Crippen LogP contribution in [0.1, 0.15) is 33.4 Å². The van der Waals surface area contributed by atoms with Crippen molar-refractivity contribution >= 4 is 46.2 Å². The fourth-order valence-electron chi connectivity index (χ4n) is 6.86. The van der Waals surface area contributed by atoms with E-state index in [1.54, 1.807) is 30.3 Å². The molecule has 0 heterocycles. The first-order valence-electron chi connectivity index (χ1n) is 25.1. The quantitative estimate of drug-likeness (QED) is 0.0555. The molecule has 0 unspecified atom stereocenters. The van der Waals surface area contributed by atoms with E-state index in [0.29, 0.717) is 15.6 Å². The number of ether oxygens (including phenoxy) is 4. The van der Waals surface area contributed by atoms with Crippen LogP contribution in [0.3, 0.4) is 0 Å². The van der Waals surface area contributed by atoms with Gasteiger partial charge < -0.3 is 40.2 Å². The maximum Gasteiger partial charge on any atom is 0.131 e. The molecule has 0 saturated carbocycles. The summed E-state index contributed by atoms with van der Waals surface area (Å²) >= 11 is 11.8. The van der Waals surface area contributed by atoms with Crippen molar-refractivity contribution in [1.82, 2.24) is 21.3 Å². The Morgan fingerprint density at radius 3 is 1.10 bits per heavy atom. The van der Waals surface area contributed by atoms with Crippen LogP contribution in [-0.2, 0) is 0 Å². The number of nitriles is 1.